The lowest BCUT2D eigenvalue weighted by atomic mass is 10.3. The number of imidazole rings is 1. The summed E-state index contributed by atoms with van der Waals surface area (Å²) in [5.41, 5.74) is 6.79. The van der Waals surface area contributed by atoms with E-state index >= 15 is 0 Å². The molecule has 1 unspecified atom stereocenters. The summed E-state index contributed by atoms with van der Waals surface area (Å²) in [6.07, 6.45) is 3.84. The van der Waals surface area contributed by atoms with E-state index in [2.05, 4.69) is 4.98 Å². The Labute approximate surface area is 71.0 Å². The standard InChI is InChI=1S/C7H13N3S/c1-5(8)6-4-9-7(11-3)10(6)2/h4-5H,8H2,1-3H3. The second-order valence-electron chi connectivity index (χ2n) is 2.52. The van der Waals surface area contributed by atoms with Crippen molar-refractivity contribution in [1.29, 1.82) is 0 Å². The van der Waals surface area contributed by atoms with Crippen molar-refractivity contribution in [3.63, 3.8) is 0 Å². The van der Waals surface area contributed by atoms with E-state index in [4.69, 9.17) is 5.73 Å². The largest absolute Gasteiger partial charge is 0.325 e. The van der Waals surface area contributed by atoms with Crippen molar-refractivity contribution in [2.45, 2.75) is 18.1 Å². The van der Waals surface area contributed by atoms with Crippen molar-refractivity contribution >= 4 is 11.8 Å². The lowest BCUT2D eigenvalue weighted by Crippen LogP contribution is -2.09. The number of nitrogens with two attached hydrogens (primary N) is 1. The minimum atomic E-state index is 0.0633. The highest BCUT2D eigenvalue weighted by atomic mass is 32.2. The van der Waals surface area contributed by atoms with Gasteiger partial charge in [-0.2, -0.15) is 0 Å². The van der Waals surface area contributed by atoms with Gasteiger partial charge in [0.25, 0.3) is 0 Å². The molecular formula is C7H13N3S. The third-order valence-corrected chi connectivity index (χ3v) is 2.38. The van der Waals surface area contributed by atoms with E-state index in [-0.39, 0.29) is 6.04 Å². The van der Waals surface area contributed by atoms with E-state index in [1.807, 2.05) is 31.0 Å². The number of hydrogen-bond acceptors (Lipinski definition) is 3. The summed E-state index contributed by atoms with van der Waals surface area (Å²) >= 11 is 1.63. The van der Waals surface area contributed by atoms with E-state index in [0.29, 0.717) is 0 Å². The van der Waals surface area contributed by atoms with Crippen molar-refractivity contribution in [2.75, 3.05) is 6.26 Å². The normalized spacial score (nSPS) is 13.5. The molecule has 1 rings (SSSR count). The van der Waals surface area contributed by atoms with E-state index < -0.39 is 0 Å². The first-order valence-corrected chi connectivity index (χ1v) is 4.70. The lowest BCUT2D eigenvalue weighted by molar-refractivity contribution is 0.675. The summed E-state index contributed by atoms with van der Waals surface area (Å²) in [5.74, 6) is 0. The van der Waals surface area contributed by atoms with Crippen molar-refractivity contribution in [1.82, 2.24) is 9.55 Å². The molecule has 1 atom stereocenters. The predicted octanol–water partition coefficient (Wildman–Crippen LogP) is 1.16. The molecule has 0 saturated carbocycles. The van der Waals surface area contributed by atoms with Gasteiger partial charge < -0.3 is 10.3 Å². The van der Waals surface area contributed by atoms with Crippen molar-refractivity contribution < 1.29 is 0 Å². The Morgan fingerprint density at radius 1 is 1.73 bits per heavy atom. The minimum Gasteiger partial charge on any atom is -0.325 e. The van der Waals surface area contributed by atoms with Gasteiger partial charge in [-0.15, -0.1) is 0 Å². The maximum atomic E-state index is 5.71. The molecular weight excluding hydrogens is 158 g/mol. The summed E-state index contributed by atoms with van der Waals surface area (Å²) in [6.45, 7) is 1.96. The summed E-state index contributed by atoms with van der Waals surface area (Å²) in [4.78, 5) is 4.20. The molecule has 3 nitrogen and oxygen atoms in total. The fourth-order valence-electron chi connectivity index (χ4n) is 1.02. The molecule has 2 N–H and O–H groups in total. The van der Waals surface area contributed by atoms with E-state index in [1.165, 1.54) is 0 Å². The molecule has 0 aliphatic carbocycles. The molecule has 11 heavy (non-hydrogen) atoms. The Kier molecular flexibility index (Phi) is 2.57. The fourth-order valence-corrected chi connectivity index (χ4v) is 1.56. The molecule has 62 valence electrons. The van der Waals surface area contributed by atoms with E-state index in [0.717, 1.165) is 10.9 Å². The Bertz CT molecular complexity index is 242. The van der Waals surface area contributed by atoms with Crippen LogP contribution in [-0.4, -0.2) is 15.8 Å². The SMILES string of the molecule is CSc1ncc(C(C)N)n1C. The van der Waals surface area contributed by atoms with Crippen LogP contribution < -0.4 is 5.73 Å². The Morgan fingerprint density at radius 2 is 2.36 bits per heavy atom. The first kappa shape index (κ1) is 8.62. The van der Waals surface area contributed by atoms with Crippen LogP contribution in [0.1, 0.15) is 18.7 Å². The molecule has 0 spiro atoms. The molecule has 1 aromatic rings. The van der Waals surface area contributed by atoms with Gasteiger partial charge in [0.2, 0.25) is 0 Å². The quantitative estimate of drug-likeness (QED) is 0.679. The van der Waals surface area contributed by atoms with E-state index in [9.17, 15) is 0 Å². The molecule has 0 amide bonds. The van der Waals surface area contributed by atoms with E-state index in [1.54, 1.807) is 11.8 Å². The maximum absolute atomic E-state index is 5.71. The number of rotatable bonds is 2. The number of nitrogens with zero attached hydrogens (tertiary/aromatic N) is 2. The number of thioether (sulfide) groups is 1. The molecule has 1 aromatic heterocycles. The van der Waals surface area contributed by atoms with Gasteiger partial charge in [0.05, 0.1) is 11.9 Å². The third kappa shape index (κ3) is 1.57. The Hall–Kier alpha value is -0.480. The Balaban J connectivity index is 3.00. The van der Waals surface area contributed by atoms with Crippen molar-refractivity contribution in [3.8, 4) is 0 Å². The van der Waals surface area contributed by atoms with Crippen LogP contribution in [0, 0.1) is 0 Å². The van der Waals surface area contributed by atoms with Gasteiger partial charge in [0.1, 0.15) is 0 Å². The maximum Gasteiger partial charge on any atom is 0.167 e. The van der Waals surface area contributed by atoms with Crippen LogP contribution in [0.3, 0.4) is 0 Å². The molecule has 0 saturated heterocycles. The first-order valence-electron chi connectivity index (χ1n) is 3.48. The first-order chi connectivity index (χ1) is 5.16. The second-order valence-corrected chi connectivity index (χ2v) is 3.29. The molecule has 0 aliphatic rings. The average Bonchev–Trinajstić information content (AvgIpc) is 2.30. The fraction of sp³-hybridized carbons (Fsp3) is 0.571. The van der Waals surface area contributed by atoms with Crippen LogP contribution in [0.5, 0.6) is 0 Å². The third-order valence-electron chi connectivity index (χ3n) is 1.63. The van der Waals surface area contributed by atoms with Crippen molar-refractivity contribution in [2.24, 2.45) is 12.8 Å². The van der Waals surface area contributed by atoms with Gasteiger partial charge in [0.15, 0.2) is 5.16 Å². The number of aromatic nitrogens is 2. The van der Waals surface area contributed by atoms with Crippen LogP contribution in [0.25, 0.3) is 0 Å². The van der Waals surface area contributed by atoms with Crippen LogP contribution in [0.4, 0.5) is 0 Å². The van der Waals surface area contributed by atoms with Gasteiger partial charge in [-0.1, -0.05) is 11.8 Å². The van der Waals surface area contributed by atoms with Crippen LogP contribution in [0.2, 0.25) is 0 Å². The highest BCUT2D eigenvalue weighted by molar-refractivity contribution is 7.98. The molecule has 0 bridgehead atoms. The summed E-state index contributed by atoms with van der Waals surface area (Å²) in [5, 5.41) is 1.01. The van der Waals surface area contributed by atoms with Gasteiger partial charge in [-0.3, -0.25) is 0 Å². The molecule has 0 aliphatic heterocycles. The monoisotopic (exact) mass is 171 g/mol. The minimum absolute atomic E-state index is 0.0633. The van der Waals surface area contributed by atoms with Crippen LogP contribution in [-0.2, 0) is 7.05 Å². The molecule has 1 heterocycles. The smallest absolute Gasteiger partial charge is 0.167 e. The summed E-state index contributed by atoms with van der Waals surface area (Å²) in [6, 6.07) is 0.0633. The average molecular weight is 171 g/mol. The van der Waals surface area contributed by atoms with Crippen LogP contribution in [0.15, 0.2) is 11.4 Å². The molecule has 0 fully saturated rings. The zero-order chi connectivity index (χ0) is 8.43. The van der Waals surface area contributed by atoms with Gasteiger partial charge >= 0.3 is 0 Å². The molecule has 0 aromatic carbocycles. The highest BCUT2D eigenvalue weighted by Gasteiger charge is 2.07. The Morgan fingerprint density at radius 3 is 2.64 bits per heavy atom. The zero-order valence-corrected chi connectivity index (χ0v) is 7.85. The van der Waals surface area contributed by atoms with Gasteiger partial charge in [0, 0.05) is 13.1 Å². The molecule has 0 radical (unpaired) electrons. The summed E-state index contributed by atoms with van der Waals surface area (Å²) < 4.78 is 2.02. The number of hydrogen-bond donors (Lipinski definition) is 1. The predicted molar refractivity (Wildman–Crippen MR) is 47.6 cm³/mol. The zero-order valence-electron chi connectivity index (χ0n) is 7.03. The van der Waals surface area contributed by atoms with Crippen molar-refractivity contribution in [3.05, 3.63) is 11.9 Å². The second kappa shape index (κ2) is 3.28. The highest BCUT2D eigenvalue weighted by Crippen LogP contribution is 2.16. The summed E-state index contributed by atoms with van der Waals surface area (Å²) in [7, 11) is 1.98. The topological polar surface area (TPSA) is 43.8 Å². The van der Waals surface area contributed by atoms with Gasteiger partial charge in [-0.05, 0) is 13.2 Å². The van der Waals surface area contributed by atoms with Gasteiger partial charge in [-0.25, -0.2) is 4.98 Å². The lowest BCUT2D eigenvalue weighted by Gasteiger charge is -2.06. The van der Waals surface area contributed by atoms with Crippen LogP contribution >= 0.6 is 11.8 Å². The molecule has 4 heteroatoms.